The Balaban J connectivity index is 2.94. The van der Waals surface area contributed by atoms with Gasteiger partial charge in [-0.15, -0.1) is 0 Å². The number of rotatable bonds is 5. The molecule has 0 saturated carbocycles. The molecule has 0 aromatic heterocycles. The second-order valence-corrected chi connectivity index (χ2v) is 7.86. The van der Waals surface area contributed by atoms with E-state index in [0.29, 0.717) is 6.54 Å². The zero-order valence-electron chi connectivity index (χ0n) is 11.6. The van der Waals surface area contributed by atoms with Gasteiger partial charge in [-0.3, -0.25) is 0 Å². The average Bonchev–Trinajstić information content (AvgIpc) is 2.26. The molecule has 3 N–H and O–H groups in total. The summed E-state index contributed by atoms with van der Waals surface area (Å²) in [7, 11) is 0.213. The fraction of sp³-hybridized carbons (Fsp3) is 0.500. The molecular formula is C12H20BrN3O2S. The summed E-state index contributed by atoms with van der Waals surface area (Å²) in [6.07, 6.45) is 0. The summed E-state index contributed by atoms with van der Waals surface area (Å²) in [5, 5.41) is 0. The van der Waals surface area contributed by atoms with Crippen LogP contribution < -0.4 is 10.5 Å². The fourth-order valence-electron chi connectivity index (χ4n) is 1.27. The van der Waals surface area contributed by atoms with Gasteiger partial charge in [-0.25, -0.2) is 13.1 Å². The molecule has 0 radical (unpaired) electrons. The van der Waals surface area contributed by atoms with Crippen LogP contribution in [0.15, 0.2) is 27.6 Å². The summed E-state index contributed by atoms with van der Waals surface area (Å²) in [4.78, 5) is 2.06. The number of sulfonamides is 1. The highest BCUT2D eigenvalue weighted by Gasteiger charge is 2.25. The van der Waals surface area contributed by atoms with E-state index in [9.17, 15) is 8.42 Å². The number of likely N-dealkylation sites (N-methyl/N-ethyl adjacent to an activating group) is 1. The monoisotopic (exact) mass is 349 g/mol. The molecule has 0 fully saturated rings. The lowest BCUT2D eigenvalue weighted by Crippen LogP contribution is -2.48. The maximum atomic E-state index is 12.2. The van der Waals surface area contributed by atoms with Crippen LogP contribution in [0.3, 0.4) is 0 Å². The van der Waals surface area contributed by atoms with Crippen molar-refractivity contribution in [2.75, 3.05) is 26.4 Å². The van der Waals surface area contributed by atoms with Crippen molar-refractivity contribution in [1.82, 2.24) is 9.62 Å². The van der Waals surface area contributed by atoms with Gasteiger partial charge in [0.1, 0.15) is 4.90 Å². The number of hydrogen-bond donors (Lipinski definition) is 2. The fourth-order valence-corrected chi connectivity index (χ4v) is 2.97. The molecule has 0 heterocycles. The van der Waals surface area contributed by atoms with Crippen molar-refractivity contribution < 1.29 is 8.42 Å². The molecule has 0 bridgehead atoms. The first kappa shape index (κ1) is 16.4. The Morgan fingerprint density at radius 2 is 1.95 bits per heavy atom. The van der Waals surface area contributed by atoms with Crippen LogP contribution in [0, 0.1) is 0 Å². The van der Waals surface area contributed by atoms with Crippen molar-refractivity contribution >= 4 is 31.6 Å². The number of halogens is 1. The van der Waals surface area contributed by atoms with Gasteiger partial charge in [0.25, 0.3) is 0 Å². The summed E-state index contributed by atoms with van der Waals surface area (Å²) >= 11 is 3.25. The van der Waals surface area contributed by atoms with Crippen LogP contribution >= 0.6 is 15.9 Å². The van der Waals surface area contributed by atoms with Crippen LogP contribution in [0.25, 0.3) is 0 Å². The van der Waals surface area contributed by atoms with Crippen LogP contribution in [-0.2, 0) is 10.0 Å². The standard InChI is InChI=1S/C12H20BrN3O2S/c1-12(2,16(3)4)8-15-19(17,18)11-6-5-9(13)7-10(11)14/h5-7,15H,8,14H2,1-4H3. The van der Waals surface area contributed by atoms with Gasteiger partial charge in [0.15, 0.2) is 0 Å². The molecule has 1 rings (SSSR count). The Hall–Kier alpha value is -0.630. The minimum atomic E-state index is -3.60. The number of benzene rings is 1. The molecule has 0 aliphatic carbocycles. The number of anilines is 1. The Morgan fingerprint density at radius 3 is 2.42 bits per heavy atom. The number of nitrogens with zero attached hydrogens (tertiary/aromatic N) is 1. The van der Waals surface area contributed by atoms with Gasteiger partial charge in [0.05, 0.1) is 5.69 Å². The van der Waals surface area contributed by atoms with E-state index >= 15 is 0 Å². The smallest absolute Gasteiger partial charge is 0.242 e. The molecule has 0 saturated heterocycles. The minimum absolute atomic E-state index is 0.102. The van der Waals surface area contributed by atoms with Gasteiger partial charge in [0, 0.05) is 16.6 Å². The predicted molar refractivity (Wildman–Crippen MR) is 81.5 cm³/mol. The summed E-state index contributed by atoms with van der Waals surface area (Å²) in [6.45, 7) is 4.22. The van der Waals surface area contributed by atoms with Crippen molar-refractivity contribution in [1.29, 1.82) is 0 Å². The van der Waals surface area contributed by atoms with Crippen LogP contribution in [0.1, 0.15) is 13.8 Å². The molecule has 0 aliphatic rings. The van der Waals surface area contributed by atoms with E-state index in [1.165, 1.54) is 6.07 Å². The van der Waals surface area contributed by atoms with Gasteiger partial charge in [0.2, 0.25) is 10.0 Å². The minimum Gasteiger partial charge on any atom is -0.398 e. The Bertz CT molecular complexity index is 556. The zero-order valence-corrected chi connectivity index (χ0v) is 14.0. The van der Waals surface area contributed by atoms with Gasteiger partial charge < -0.3 is 10.6 Å². The topological polar surface area (TPSA) is 75.4 Å². The summed E-state index contributed by atoms with van der Waals surface area (Å²) in [5.41, 5.74) is 5.69. The summed E-state index contributed by atoms with van der Waals surface area (Å²) in [6, 6.07) is 4.72. The number of nitrogens with two attached hydrogens (primary N) is 1. The van der Waals surface area contributed by atoms with Gasteiger partial charge >= 0.3 is 0 Å². The molecule has 108 valence electrons. The first-order valence-electron chi connectivity index (χ1n) is 5.78. The number of nitrogens with one attached hydrogen (secondary N) is 1. The summed E-state index contributed by atoms with van der Waals surface area (Å²) < 4.78 is 27.8. The lowest BCUT2D eigenvalue weighted by atomic mass is 10.1. The van der Waals surface area contributed by atoms with Gasteiger partial charge in [-0.1, -0.05) is 15.9 Å². The predicted octanol–water partition coefficient (Wildman–Crippen LogP) is 1.65. The van der Waals surface area contributed by atoms with E-state index in [1.54, 1.807) is 12.1 Å². The normalized spacial score (nSPS) is 12.9. The van der Waals surface area contributed by atoms with Crippen LogP contribution in [0.2, 0.25) is 0 Å². The van der Waals surface area contributed by atoms with Crippen molar-refractivity contribution in [3.05, 3.63) is 22.7 Å². The average molecular weight is 350 g/mol. The molecule has 1 aromatic carbocycles. The molecule has 0 atom stereocenters. The Morgan fingerprint density at radius 1 is 1.37 bits per heavy atom. The maximum absolute atomic E-state index is 12.2. The number of hydrogen-bond acceptors (Lipinski definition) is 4. The van der Waals surface area contributed by atoms with Crippen molar-refractivity contribution in [3.8, 4) is 0 Å². The van der Waals surface area contributed by atoms with E-state index in [0.717, 1.165) is 4.47 Å². The lowest BCUT2D eigenvalue weighted by molar-refractivity contribution is 0.199. The third kappa shape index (κ3) is 4.17. The highest BCUT2D eigenvalue weighted by atomic mass is 79.9. The second-order valence-electron chi connectivity index (χ2n) is 5.21. The molecule has 0 spiro atoms. The van der Waals surface area contributed by atoms with E-state index in [-0.39, 0.29) is 16.1 Å². The molecule has 19 heavy (non-hydrogen) atoms. The van der Waals surface area contributed by atoms with Gasteiger partial charge in [-0.2, -0.15) is 0 Å². The van der Waals surface area contributed by atoms with Crippen LogP contribution in [-0.4, -0.2) is 39.5 Å². The number of nitrogen functional groups attached to an aromatic ring is 1. The van der Waals surface area contributed by atoms with E-state index in [2.05, 4.69) is 20.7 Å². The quantitative estimate of drug-likeness (QED) is 0.792. The van der Waals surface area contributed by atoms with Crippen LogP contribution in [0.4, 0.5) is 5.69 Å². The van der Waals surface area contributed by atoms with Crippen LogP contribution in [0.5, 0.6) is 0 Å². The molecule has 0 amide bonds. The van der Waals surface area contributed by atoms with E-state index in [4.69, 9.17) is 5.73 Å². The molecular weight excluding hydrogens is 330 g/mol. The Labute approximate surface area is 123 Å². The molecule has 7 heteroatoms. The maximum Gasteiger partial charge on any atom is 0.242 e. The lowest BCUT2D eigenvalue weighted by Gasteiger charge is -2.32. The van der Waals surface area contributed by atoms with Crippen molar-refractivity contribution in [2.45, 2.75) is 24.3 Å². The highest BCUT2D eigenvalue weighted by Crippen LogP contribution is 2.23. The highest BCUT2D eigenvalue weighted by molar-refractivity contribution is 9.10. The molecule has 1 aromatic rings. The molecule has 0 aliphatic heterocycles. The van der Waals surface area contributed by atoms with Gasteiger partial charge in [-0.05, 0) is 46.1 Å². The van der Waals surface area contributed by atoms with Crippen molar-refractivity contribution in [2.24, 2.45) is 0 Å². The van der Waals surface area contributed by atoms with E-state index in [1.807, 2.05) is 32.8 Å². The third-order valence-corrected chi connectivity index (χ3v) is 5.14. The SMILES string of the molecule is CN(C)C(C)(C)CNS(=O)(=O)c1ccc(Br)cc1N. The zero-order chi connectivity index (χ0) is 14.8. The molecule has 5 nitrogen and oxygen atoms in total. The molecule has 0 unspecified atom stereocenters. The first-order valence-corrected chi connectivity index (χ1v) is 8.06. The third-order valence-electron chi connectivity index (χ3n) is 3.17. The van der Waals surface area contributed by atoms with Crippen molar-refractivity contribution in [3.63, 3.8) is 0 Å². The largest absolute Gasteiger partial charge is 0.398 e. The second kappa shape index (κ2) is 5.78. The van der Waals surface area contributed by atoms with E-state index < -0.39 is 10.0 Å². The summed E-state index contributed by atoms with van der Waals surface area (Å²) in [5.74, 6) is 0. The first-order chi connectivity index (χ1) is 8.56. The Kier molecular flexibility index (Phi) is 5.00.